The van der Waals surface area contributed by atoms with E-state index in [-0.39, 0.29) is 63.6 Å². The van der Waals surface area contributed by atoms with Crippen molar-refractivity contribution in [3.8, 4) is 0 Å². The third-order valence-electron chi connectivity index (χ3n) is 9.51. The highest BCUT2D eigenvalue weighted by atomic mass is 16.4. The molecule has 0 aromatic heterocycles. The van der Waals surface area contributed by atoms with Gasteiger partial charge in [0.05, 0.1) is 6.54 Å². The van der Waals surface area contributed by atoms with Crippen LogP contribution in [0.5, 0.6) is 0 Å². The highest BCUT2D eigenvalue weighted by molar-refractivity contribution is 5.99. The van der Waals surface area contributed by atoms with Crippen molar-refractivity contribution in [2.24, 2.45) is 5.73 Å². The zero-order chi connectivity index (χ0) is 38.8. The molecule has 2 aliphatic heterocycles. The standard InChI is InChI=1S/C36H55N9O8/c1-2-3-4-5-9-14-29(47)45-20-17-36(18-21-45)34(53)43-27(22-24-11-7-6-8-12-24)32(51)42-26(15-16-30(48)49)31(50)40-23-28(46)41-25(33(52)44-36)13-10-19-39-35(37)38/h6-8,11-12,25-27H,2-5,9-10,13-23H2,1H3,(H,40,50)(H,41,46)(H,42,51)(H,43,53)(H,44,52)(H,48,49)(H4,37,38,39)/t25-,26-,27+/m0/s1. The first-order valence-corrected chi connectivity index (χ1v) is 18.5. The minimum atomic E-state index is -1.58. The normalized spacial score (nSPS) is 21.2. The van der Waals surface area contributed by atoms with E-state index in [4.69, 9.17) is 11.1 Å². The lowest BCUT2D eigenvalue weighted by atomic mass is 9.85. The van der Waals surface area contributed by atoms with Gasteiger partial charge in [-0.25, -0.2) is 0 Å². The summed E-state index contributed by atoms with van der Waals surface area (Å²) in [5.41, 5.74) is 4.49. The molecule has 0 bridgehead atoms. The number of amides is 6. The molecule has 17 nitrogen and oxygen atoms in total. The smallest absolute Gasteiger partial charge is 0.303 e. The van der Waals surface area contributed by atoms with Gasteiger partial charge in [0.1, 0.15) is 23.7 Å². The number of carbonyl (C=O) groups excluding carboxylic acids is 6. The summed E-state index contributed by atoms with van der Waals surface area (Å²) in [6.45, 7) is 2.07. The quantitative estimate of drug-likeness (QED) is 0.0648. The molecule has 1 spiro atoms. The van der Waals surface area contributed by atoms with Gasteiger partial charge >= 0.3 is 5.97 Å². The number of carbonyl (C=O) groups is 7. The Morgan fingerprint density at radius 2 is 1.55 bits per heavy atom. The molecule has 1 aromatic rings. The van der Waals surface area contributed by atoms with Crippen LogP contribution in [0.3, 0.4) is 0 Å². The predicted octanol–water partition coefficient (Wildman–Crippen LogP) is -0.221. The fraction of sp³-hybridized carbons (Fsp3) is 0.611. The summed E-state index contributed by atoms with van der Waals surface area (Å²) in [6, 6.07) is 5.06. The van der Waals surface area contributed by atoms with Crippen molar-refractivity contribution in [2.75, 3.05) is 26.2 Å². The second kappa shape index (κ2) is 21.3. The first-order chi connectivity index (χ1) is 25.3. The molecule has 6 amide bonds. The number of likely N-dealkylation sites (tertiary alicyclic amines) is 1. The first kappa shape index (κ1) is 42.2. The number of benzene rings is 1. The number of piperidine rings is 1. The molecule has 2 heterocycles. The Balaban J connectivity index is 1.96. The molecule has 1 aromatic carbocycles. The van der Waals surface area contributed by atoms with Gasteiger partial charge in [-0.3, -0.25) is 39.0 Å². The van der Waals surface area contributed by atoms with Crippen LogP contribution in [0.2, 0.25) is 0 Å². The third kappa shape index (κ3) is 14.0. The number of unbranched alkanes of at least 4 members (excludes halogenated alkanes) is 4. The van der Waals surface area contributed by atoms with Gasteiger partial charge in [-0.15, -0.1) is 0 Å². The number of carboxylic acids is 1. The highest BCUT2D eigenvalue weighted by Crippen LogP contribution is 2.25. The number of hydrogen-bond donors (Lipinski definition) is 9. The number of nitrogens with two attached hydrogens (primary N) is 1. The van der Waals surface area contributed by atoms with E-state index in [2.05, 4.69) is 38.8 Å². The van der Waals surface area contributed by atoms with Crippen LogP contribution >= 0.6 is 0 Å². The maximum Gasteiger partial charge on any atom is 0.303 e. The molecule has 10 N–H and O–H groups in total. The Labute approximate surface area is 309 Å². The van der Waals surface area contributed by atoms with Crippen LogP contribution in [0.1, 0.15) is 89.5 Å². The van der Waals surface area contributed by atoms with Gasteiger partial charge < -0.3 is 47.6 Å². The van der Waals surface area contributed by atoms with Gasteiger partial charge in [0.2, 0.25) is 35.4 Å². The van der Waals surface area contributed by atoms with E-state index in [0.29, 0.717) is 18.4 Å². The molecule has 292 valence electrons. The Bertz CT molecular complexity index is 1450. The lowest BCUT2D eigenvalue weighted by Gasteiger charge is -2.42. The fourth-order valence-electron chi connectivity index (χ4n) is 6.41. The van der Waals surface area contributed by atoms with E-state index in [0.717, 1.165) is 32.1 Å². The molecule has 3 atom stereocenters. The van der Waals surface area contributed by atoms with Crippen molar-refractivity contribution in [1.82, 2.24) is 36.8 Å². The molecule has 0 radical (unpaired) electrons. The monoisotopic (exact) mass is 741 g/mol. The van der Waals surface area contributed by atoms with E-state index in [1.54, 1.807) is 35.2 Å². The summed E-state index contributed by atoms with van der Waals surface area (Å²) in [7, 11) is 0. The first-order valence-electron chi connectivity index (χ1n) is 18.5. The zero-order valence-corrected chi connectivity index (χ0v) is 30.5. The van der Waals surface area contributed by atoms with Gasteiger partial charge in [0.15, 0.2) is 5.96 Å². The molecule has 2 aliphatic rings. The Kier molecular flexibility index (Phi) is 17.0. The maximum absolute atomic E-state index is 14.4. The summed E-state index contributed by atoms with van der Waals surface area (Å²) in [4.78, 5) is 94.8. The van der Waals surface area contributed by atoms with Crippen LogP contribution in [-0.2, 0) is 40.0 Å². The van der Waals surface area contributed by atoms with Crippen LogP contribution in [0.4, 0.5) is 0 Å². The minimum absolute atomic E-state index is 0.00413. The van der Waals surface area contributed by atoms with E-state index in [9.17, 15) is 38.7 Å². The zero-order valence-electron chi connectivity index (χ0n) is 30.5. The Morgan fingerprint density at radius 3 is 2.21 bits per heavy atom. The second-order valence-electron chi connectivity index (χ2n) is 13.6. The highest BCUT2D eigenvalue weighted by Gasteiger charge is 2.46. The van der Waals surface area contributed by atoms with Crippen LogP contribution < -0.4 is 37.6 Å². The summed E-state index contributed by atoms with van der Waals surface area (Å²) in [6.07, 6.45) is 4.95. The molecule has 17 heteroatoms. The number of nitrogens with zero attached hydrogens (tertiary/aromatic N) is 1. The molecule has 0 unspecified atom stereocenters. The largest absolute Gasteiger partial charge is 0.481 e. The van der Waals surface area contributed by atoms with E-state index in [1.165, 1.54) is 0 Å². The van der Waals surface area contributed by atoms with Crippen molar-refractivity contribution in [2.45, 2.75) is 114 Å². The van der Waals surface area contributed by atoms with Gasteiger partial charge in [-0.1, -0.05) is 62.9 Å². The average molecular weight is 742 g/mol. The minimum Gasteiger partial charge on any atom is -0.481 e. The number of aliphatic carboxylic acids is 1. The van der Waals surface area contributed by atoms with Gasteiger partial charge in [-0.05, 0) is 44.1 Å². The van der Waals surface area contributed by atoms with Crippen LogP contribution in [0.15, 0.2) is 30.3 Å². The number of rotatable bonds is 15. The van der Waals surface area contributed by atoms with E-state index >= 15 is 0 Å². The molecule has 0 aliphatic carbocycles. The van der Waals surface area contributed by atoms with E-state index < -0.39 is 72.1 Å². The summed E-state index contributed by atoms with van der Waals surface area (Å²) in [5, 5.41) is 32.6. The van der Waals surface area contributed by atoms with Gasteiger partial charge in [-0.2, -0.15) is 0 Å². The number of hydrogen-bond acceptors (Lipinski definition) is 8. The maximum atomic E-state index is 14.4. The van der Waals surface area contributed by atoms with Crippen molar-refractivity contribution < 1.29 is 38.7 Å². The predicted molar refractivity (Wildman–Crippen MR) is 195 cm³/mol. The fourth-order valence-corrected chi connectivity index (χ4v) is 6.41. The molecule has 3 rings (SSSR count). The van der Waals surface area contributed by atoms with Crippen molar-refractivity contribution in [3.63, 3.8) is 0 Å². The number of nitrogens with one attached hydrogen (secondary N) is 7. The molecular weight excluding hydrogens is 686 g/mol. The summed E-state index contributed by atoms with van der Waals surface area (Å²) in [5.74, 6) is -5.21. The van der Waals surface area contributed by atoms with Crippen molar-refractivity contribution in [3.05, 3.63) is 35.9 Å². The van der Waals surface area contributed by atoms with Crippen molar-refractivity contribution >= 4 is 47.4 Å². The molecule has 2 fully saturated rings. The molecular formula is C36H55N9O8. The topological polar surface area (TPSA) is 265 Å². The SMILES string of the molecule is CCCCCCCC(=O)N1CCC2(CC1)NC(=O)[C@H](CCCNC(=N)N)NC(=O)CNC(=O)[C@H](CCC(=O)O)NC(=O)[C@@H](Cc1ccccc1)NC2=O. The lowest BCUT2D eigenvalue weighted by molar-refractivity contribution is -0.142. The van der Waals surface area contributed by atoms with Gasteiger partial charge in [0, 0.05) is 38.9 Å². The molecule has 0 saturated carbocycles. The molecule has 2 saturated heterocycles. The van der Waals surface area contributed by atoms with Gasteiger partial charge in [0.25, 0.3) is 0 Å². The Morgan fingerprint density at radius 1 is 0.868 bits per heavy atom. The van der Waals surface area contributed by atoms with Crippen LogP contribution in [-0.4, -0.2) is 107 Å². The van der Waals surface area contributed by atoms with Crippen LogP contribution in [0, 0.1) is 5.41 Å². The summed E-state index contributed by atoms with van der Waals surface area (Å²) < 4.78 is 0. The number of carboxylic acid groups (broad SMARTS) is 1. The molecule has 53 heavy (non-hydrogen) atoms. The number of guanidine groups is 1. The average Bonchev–Trinajstić information content (AvgIpc) is 3.13. The van der Waals surface area contributed by atoms with Crippen LogP contribution in [0.25, 0.3) is 0 Å². The van der Waals surface area contributed by atoms with Crippen molar-refractivity contribution in [1.29, 1.82) is 5.41 Å². The second-order valence-corrected chi connectivity index (χ2v) is 13.6. The lowest BCUT2D eigenvalue weighted by Crippen LogP contribution is -2.67. The summed E-state index contributed by atoms with van der Waals surface area (Å²) >= 11 is 0. The Hall–Kier alpha value is -5.22. The van der Waals surface area contributed by atoms with E-state index in [1.807, 2.05) is 0 Å². The third-order valence-corrected chi connectivity index (χ3v) is 9.51.